The Morgan fingerprint density at radius 1 is 0.900 bits per heavy atom. The van der Waals surface area contributed by atoms with E-state index >= 15 is 0 Å². The Balaban J connectivity index is 1.79. The molecule has 0 unspecified atom stereocenters. The van der Waals surface area contributed by atoms with E-state index in [1.165, 1.54) is 6.07 Å². The third-order valence-corrected chi connectivity index (χ3v) is 2.76. The number of ether oxygens (including phenoxy) is 3. The van der Waals surface area contributed by atoms with E-state index in [2.05, 4.69) is 0 Å². The first-order valence-corrected chi connectivity index (χ1v) is 6.35. The van der Waals surface area contributed by atoms with Crippen LogP contribution in [0.2, 0.25) is 0 Å². The van der Waals surface area contributed by atoms with Gasteiger partial charge < -0.3 is 14.2 Å². The van der Waals surface area contributed by atoms with Gasteiger partial charge in [-0.25, -0.2) is 4.39 Å². The second-order valence-electron chi connectivity index (χ2n) is 4.31. The smallest absolute Gasteiger partial charge is 0.165 e. The fourth-order valence-corrected chi connectivity index (χ4v) is 1.70. The number of halogens is 1. The molecule has 2 rings (SSSR count). The van der Waals surface area contributed by atoms with Crippen LogP contribution in [0.3, 0.4) is 0 Å². The molecule has 20 heavy (non-hydrogen) atoms. The highest BCUT2D eigenvalue weighted by Crippen LogP contribution is 2.19. The summed E-state index contributed by atoms with van der Waals surface area (Å²) in [6.45, 7) is 2.52. The molecule has 0 amide bonds. The third kappa shape index (κ3) is 3.88. The molecule has 3 nitrogen and oxygen atoms in total. The van der Waals surface area contributed by atoms with Crippen LogP contribution in [0.15, 0.2) is 42.5 Å². The molecule has 0 saturated heterocycles. The molecule has 106 valence electrons. The molecule has 0 aliphatic rings. The lowest BCUT2D eigenvalue weighted by Gasteiger charge is -2.10. The molecule has 2 aromatic rings. The SMILES string of the molecule is COc1ccc(OCCOc2cc(C)ccc2F)cc1. The van der Waals surface area contributed by atoms with E-state index in [0.29, 0.717) is 6.61 Å². The molecular weight excluding hydrogens is 259 g/mol. The van der Waals surface area contributed by atoms with Gasteiger partial charge in [-0.1, -0.05) is 6.07 Å². The molecule has 0 spiro atoms. The van der Waals surface area contributed by atoms with Gasteiger partial charge in [-0.15, -0.1) is 0 Å². The standard InChI is InChI=1S/C16H17FO3/c1-12-3-8-15(17)16(11-12)20-10-9-19-14-6-4-13(18-2)5-7-14/h3-8,11H,9-10H2,1-2H3. The summed E-state index contributed by atoms with van der Waals surface area (Å²) in [4.78, 5) is 0. The lowest BCUT2D eigenvalue weighted by Crippen LogP contribution is -2.09. The minimum absolute atomic E-state index is 0.253. The van der Waals surface area contributed by atoms with Gasteiger partial charge in [0.15, 0.2) is 11.6 Å². The molecule has 0 aromatic heterocycles. The number of hydrogen-bond donors (Lipinski definition) is 0. The molecule has 0 aliphatic carbocycles. The Morgan fingerprint density at radius 3 is 2.25 bits per heavy atom. The zero-order chi connectivity index (χ0) is 14.4. The van der Waals surface area contributed by atoms with Crippen molar-refractivity contribution in [1.82, 2.24) is 0 Å². The fourth-order valence-electron chi connectivity index (χ4n) is 1.70. The van der Waals surface area contributed by atoms with Crippen molar-refractivity contribution in [2.75, 3.05) is 20.3 Å². The summed E-state index contributed by atoms with van der Waals surface area (Å²) < 4.78 is 29.3. The van der Waals surface area contributed by atoms with Gasteiger partial charge in [-0.3, -0.25) is 0 Å². The summed E-state index contributed by atoms with van der Waals surface area (Å²) in [7, 11) is 1.61. The lowest BCUT2D eigenvalue weighted by molar-refractivity contribution is 0.211. The van der Waals surface area contributed by atoms with Gasteiger partial charge in [-0.2, -0.15) is 0 Å². The third-order valence-electron chi connectivity index (χ3n) is 2.76. The van der Waals surface area contributed by atoms with E-state index in [9.17, 15) is 4.39 Å². The maximum Gasteiger partial charge on any atom is 0.165 e. The van der Waals surface area contributed by atoms with Crippen LogP contribution >= 0.6 is 0 Å². The summed E-state index contributed by atoms with van der Waals surface area (Å²) in [6.07, 6.45) is 0. The van der Waals surface area contributed by atoms with Crippen LogP contribution in [0.1, 0.15) is 5.56 Å². The van der Waals surface area contributed by atoms with Crippen molar-refractivity contribution in [2.45, 2.75) is 6.92 Å². The number of hydrogen-bond acceptors (Lipinski definition) is 3. The van der Waals surface area contributed by atoms with Gasteiger partial charge in [0.2, 0.25) is 0 Å². The molecule has 0 atom stereocenters. The first-order chi connectivity index (χ1) is 9.69. The number of aryl methyl sites for hydroxylation is 1. The Bertz CT molecular complexity index is 552. The summed E-state index contributed by atoms with van der Waals surface area (Å²) >= 11 is 0. The molecule has 0 radical (unpaired) electrons. The maximum atomic E-state index is 13.4. The first-order valence-electron chi connectivity index (χ1n) is 6.35. The molecular formula is C16H17FO3. The quantitative estimate of drug-likeness (QED) is 0.754. The molecule has 0 heterocycles. The number of rotatable bonds is 6. The Labute approximate surface area is 117 Å². The van der Waals surface area contributed by atoms with Crippen LogP contribution in [-0.4, -0.2) is 20.3 Å². The van der Waals surface area contributed by atoms with Crippen molar-refractivity contribution in [2.24, 2.45) is 0 Å². The fraction of sp³-hybridized carbons (Fsp3) is 0.250. The van der Waals surface area contributed by atoms with Crippen LogP contribution in [-0.2, 0) is 0 Å². The van der Waals surface area contributed by atoms with Gasteiger partial charge in [0.1, 0.15) is 24.7 Å². The van der Waals surface area contributed by atoms with E-state index < -0.39 is 0 Å². The normalized spacial score (nSPS) is 10.2. The topological polar surface area (TPSA) is 27.7 Å². The van der Waals surface area contributed by atoms with E-state index in [4.69, 9.17) is 14.2 Å². The highest BCUT2D eigenvalue weighted by atomic mass is 19.1. The molecule has 2 aromatic carbocycles. The maximum absolute atomic E-state index is 13.4. The average Bonchev–Trinajstić information content (AvgIpc) is 2.47. The monoisotopic (exact) mass is 276 g/mol. The summed E-state index contributed by atoms with van der Waals surface area (Å²) in [6, 6.07) is 12.0. The predicted octanol–water partition coefficient (Wildman–Crippen LogP) is 3.60. The highest BCUT2D eigenvalue weighted by Gasteiger charge is 2.03. The molecule has 0 bridgehead atoms. The van der Waals surface area contributed by atoms with Crippen molar-refractivity contribution in [3.05, 3.63) is 53.8 Å². The Morgan fingerprint density at radius 2 is 1.55 bits per heavy atom. The minimum Gasteiger partial charge on any atom is -0.497 e. The van der Waals surface area contributed by atoms with E-state index in [-0.39, 0.29) is 18.2 Å². The second-order valence-corrected chi connectivity index (χ2v) is 4.31. The van der Waals surface area contributed by atoms with Crippen molar-refractivity contribution < 1.29 is 18.6 Å². The first kappa shape index (κ1) is 14.2. The second kappa shape index (κ2) is 6.80. The Kier molecular flexibility index (Phi) is 4.82. The average molecular weight is 276 g/mol. The largest absolute Gasteiger partial charge is 0.497 e. The highest BCUT2D eigenvalue weighted by molar-refractivity contribution is 5.31. The Hall–Kier alpha value is -2.23. The van der Waals surface area contributed by atoms with Gasteiger partial charge >= 0.3 is 0 Å². The van der Waals surface area contributed by atoms with E-state index in [1.807, 2.05) is 31.2 Å². The van der Waals surface area contributed by atoms with Gasteiger partial charge in [-0.05, 0) is 48.9 Å². The van der Waals surface area contributed by atoms with E-state index in [0.717, 1.165) is 17.1 Å². The van der Waals surface area contributed by atoms with Crippen LogP contribution in [0, 0.1) is 12.7 Å². The van der Waals surface area contributed by atoms with Crippen molar-refractivity contribution in [1.29, 1.82) is 0 Å². The van der Waals surface area contributed by atoms with Gasteiger partial charge in [0, 0.05) is 0 Å². The van der Waals surface area contributed by atoms with Crippen LogP contribution in [0.25, 0.3) is 0 Å². The molecule has 0 saturated carbocycles. The molecule has 0 N–H and O–H groups in total. The summed E-state index contributed by atoms with van der Waals surface area (Å²) in [5.41, 5.74) is 0.956. The minimum atomic E-state index is -0.361. The summed E-state index contributed by atoms with van der Waals surface area (Å²) in [5, 5.41) is 0. The summed E-state index contributed by atoms with van der Waals surface area (Å²) in [5.74, 6) is 1.39. The zero-order valence-corrected chi connectivity index (χ0v) is 11.6. The van der Waals surface area contributed by atoms with Crippen molar-refractivity contribution in [3.63, 3.8) is 0 Å². The van der Waals surface area contributed by atoms with Gasteiger partial charge in [0.05, 0.1) is 7.11 Å². The number of methoxy groups -OCH3 is 1. The van der Waals surface area contributed by atoms with Crippen LogP contribution in [0.4, 0.5) is 4.39 Å². The van der Waals surface area contributed by atoms with Crippen molar-refractivity contribution >= 4 is 0 Å². The zero-order valence-electron chi connectivity index (χ0n) is 11.6. The molecule has 0 aliphatic heterocycles. The van der Waals surface area contributed by atoms with Crippen molar-refractivity contribution in [3.8, 4) is 17.2 Å². The molecule has 0 fully saturated rings. The van der Waals surface area contributed by atoms with Crippen LogP contribution in [0.5, 0.6) is 17.2 Å². The van der Waals surface area contributed by atoms with Crippen LogP contribution < -0.4 is 14.2 Å². The van der Waals surface area contributed by atoms with Gasteiger partial charge in [0.25, 0.3) is 0 Å². The number of benzene rings is 2. The van der Waals surface area contributed by atoms with E-state index in [1.54, 1.807) is 19.2 Å². The molecule has 4 heteroatoms. The predicted molar refractivity (Wildman–Crippen MR) is 75.1 cm³/mol. The lowest BCUT2D eigenvalue weighted by atomic mass is 10.2.